The molecule has 3 nitrogen and oxygen atoms in total. The lowest BCUT2D eigenvalue weighted by molar-refractivity contribution is 0.404. The molecule has 0 bridgehead atoms. The zero-order chi connectivity index (χ0) is 7.78. The second-order valence-electron chi connectivity index (χ2n) is 2.30. The van der Waals surface area contributed by atoms with Gasteiger partial charge in [-0.2, -0.15) is 5.26 Å². The van der Waals surface area contributed by atoms with Gasteiger partial charge in [0, 0.05) is 6.42 Å². The van der Waals surface area contributed by atoms with E-state index in [-0.39, 0.29) is 12.2 Å². The van der Waals surface area contributed by atoms with Crippen LogP contribution in [-0.2, 0) is 9.84 Å². The smallest absolute Gasteiger partial charge is 0.202 e. The Kier molecular flexibility index (Phi) is 1.65. The SMILES string of the molecule is N#CC1CC(F)S(=O)(=O)C1. The van der Waals surface area contributed by atoms with Crippen molar-refractivity contribution < 1.29 is 12.8 Å². The molecule has 0 aromatic rings. The van der Waals surface area contributed by atoms with Gasteiger partial charge in [-0.3, -0.25) is 0 Å². The summed E-state index contributed by atoms with van der Waals surface area (Å²) in [6.07, 6.45) is -0.154. The maximum atomic E-state index is 12.4. The van der Waals surface area contributed by atoms with Gasteiger partial charge >= 0.3 is 0 Å². The van der Waals surface area contributed by atoms with E-state index in [0.29, 0.717) is 0 Å². The fraction of sp³-hybridized carbons (Fsp3) is 0.800. The fourth-order valence-corrected chi connectivity index (χ4v) is 2.42. The number of alkyl halides is 1. The van der Waals surface area contributed by atoms with E-state index in [2.05, 4.69) is 0 Å². The van der Waals surface area contributed by atoms with Crippen LogP contribution in [0.4, 0.5) is 4.39 Å². The van der Waals surface area contributed by atoms with Crippen LogP contribution in [0.15, 0.2) is 0 Å². The van der Waals surface area contributed by atoms with E-state index in [1.165, 1.54) is 0 Å². The second kappa shape index (κ2) is 2.20. The Hall–Kier alpha value is -0.630. The van der Waals surface area contributed by atoms with Crippen molar-refractivity contribution in [1.29, 1.82) is 5.26 Å². The summed E-state index contributed by atoms with van der Waals surface area (Å²) < 4.78 is 33.6. The molecule has 1 aliphatic rings. The topological polar surface area (TPSA) is 57.9 Å². The standard InChI is InChI=1S/C5H6FNO2S/c6-5-1-4(2-7)3-10(5,8)9/h4-5H,1,3H2. The summed E-state index contributed by atoms with van der Waals surface area (Å²) >= 11 is 0. The summed E-state index contributed by atoms with van der Waals surface area (Å²) in [5, 5.41) is 8.23. The summed E-state index contributed by atoms with van der Waals surface area (Å²) in [7, 11) is -3.58. The first-order chi connectivity index (χ1) is 4.56. The van der Waals surface area contributed by atoms with Crippen molar-refractivity contribution in [2.24, 2.45) is 5.92 Å². The van der Waals surface area contributed by atoms with Gasteiger partial charge < -0.3 is 0 Å². The van der Waals surface area contributed by atoms with Crippen LogP contribution < -0.4 is 0 Å². The number of nitrogens with zero attached hydrogens (tertiary/aromatic N) is 1. The quantitative estimate of drug-likeness (QED) is 0.514. The van der Waals surface area contributed by atoms with Gasteiger partial charge in [0.25, 0.3) is 0 Å². The van der Waals surface area contributed by atoms with Crippen LogP contribution in [0.2, 0.25) is 0 Å². The van der Waals surface area contributed by atoms with Crippen molar-refractivity contribution in [3.63, 3.8) is 0 Å². The number of hydrogen-bond acceptors (Lipinski definition) is 3. The third kappa shape index (κ3) is 1.12. The van der Waals surface area contributed by atoms with Crippen LogP contribution >= 0.6 is 0 Å². The monoisotopic (exact) mass is 163 g/mol. The maximum absolute atomic E-state index is 12.4. The minimum absolute atomic E-state index is 0.154. The van der Waals surface area contributed by atoms with E-state index in [1.807, 2.05) is 0 Å². The number of sulfone groups is 1. The summed E-state index contributed by atoms with van der Waals surface area (Å²) in [5.74, 6) is -0.954. The maximum Gasteiger partial charge on any atom is 0.202 e. The van der Waals surface area contributed by atoms with E-state index < -0.39 is 21.3 Å². The minimum Gasteiger partial charge on any atom is -0.230 e. The molecule has 0 aromatic heterocycles. The molecular weight excluding hydrogens is 157 g/mol. The zero-order valence-corrected chi connectivity index (χ0v) is 5.94. The summed E-state index contributed by atoms with van der Waals surface area (Å²) in [6, 6.07) is 1.73. The predicted octanol–water partition coefficient (Wildman–Crippen LogP) is 0.240. The highest BCUT2D eigenvalue weighted by Gasteiger charge is 2.38. The Bertz CT molecular complexity index is 266. The van der Waals surface area contributed by atoms with Gasteiger partial charge in [-0.25, -0.2) is 12.8 Å². The minimum atomic E-state index is -3.58. The molecule has 1 saturated heterocycles. The fourth-order valence-electron chi connectivity index (χ4n) is 0.913. The van der Waals surface area contributed by atoms with Crippen molar-refractivity contribution in [3.05, 3.63) is 0 Å². The average Bonchev–Trinajstić information content (AvgIpc) is 2.08. The summed E-state index contributed by atoms with van der Waals surface area (Å²) in [6.45, 7) is 0. The van der Waals surface area contributed by atoms with E-state index >= 15 is 0 Å². The van der Waals surface area contributed by atoms with Crippen molar-refractivity contribution in [2.45, 2.75) is 11.9 Å². The molecule has 1 rings (SSSR count). The Morgan fingerprint density at radius 2 is 2.20 bits per heavy atom. The van der Waals surface area contributed by atoms with Gasteiger partial charge in [0.2, 0.25) is 5.50 Å². The Morgan fingerprint density at radius 1 is 1.60 bits per heavy atom. The number of hydrogen-bond donors (Lipinski definition) is 0. The first kappa shape index (κ1) is 7.48. The molecule has 0 saturated carbocycles. The summed E-state index contributed by atoms with van der Waals surface area (Å²) in [5.41, 5.74) is -1.81. The molecule has 0 amide bonds. The van der Waals surface area contributed by atoms with Crippen molar-refractivity contribution in [3.8, 4) is 6.07 Å². The third-order valence-corrected chi connectivity index (χ3v) is 3.31. The van der Waals surface area contributed by atoms with Gasteiger partial charge in [0.1, 0.15) is 0 Å². The molecule has 0 spiro atoms. The molecule has 1 aliphatic heterocycles. The lowest BCUT2D eigenvalue weighted by Gasteiger charge is -1.91. The molecule has 0 radical (unpaired) electrons. The van der Waals surface area contributed by atoms with Crippen LogP contribution in [-0.4, -0.2) is 19.7 Å². The van der Waals surface area contributed by atoms with Gasteiger partial charge in [-0.1, -0.05) is 0 Å². The Morgan fingerprint density at radius 3 is 2.40 bits per heavy atom. The van der Waals surface area contributed by atoms with Crippen LogP contribution in [0, 0.1) is 17.2 Å². The largest absolute Gasteiger partial charge is 0.230 e. The van der Waals surface area contributed by atoms with Crippen LogP contribution in [0.5, 0.6) is 0 Å². The van der Waals surface area contributed by atoms with E-state index in [9.17, 15) is 12.8 Å². The number of nitriles is 1. The number of rotatable bonds is 0. The number of halogens is 1. The first-order valence-corrected chi connectivity index (χ1v) is 4.53. The van der Waals surface area contributed by atoms with Crippen molar-refractivity contribution in [2.75, 3.05) is 5.75 Å². The molecule has 2 atom stereocenters. The molecular formula is C5H6FNO2S. The van der Waals surface area contributed by atoms with Crippen LogP contribution in [0.1, 0.15) is 6.42 Å². The summed E-state index contributed by atoms with van der Waals surface area (Å²) in [4.78, 5) is 0. The van der Waals surface area contributed by atoms with Crippen molar-refractivity contribution >= 4 is 9.84 Å². The molecule has 2 unspecified atom stereocenters. The van der Waals surface area contributed by atoms with Gasteiger partial charge in [0.15, 0.2) is 9.84 Å². The molecule has 56 valence electrons. The lowest BCUT2D eigenvalue weighted by Crippen LogP contribution is -2.09. The second-order valence-corrected chi connectivity index (χ2v) is 4.47. The Balaban J connectivity index is 2.84. The van der Waals surface area contributed by atoms with E-state index in [1.54, 1.807) is 6.07 Å². The lowest BCUT2D eigenvalue weighted by atomic mass is 10.1. The molecule has 5 heteroatoms. The highest BCUT2D eigenvalue weighted by atomic mass is 32.2. The predicted molar refractivity (Wildman–Crippen MR) is 32.4 cm³/mol. The van der Waals surface area contributed by atoms with Gasteiger partial charge in [-0.05, 0) is 0 Å². The molecule has 1 heterocycles. The molecule has 10 heavy (non-hydrogen) atoms. The molecule has 0 aromatic carbocycles. The molecule has 1 fully saturated rings. The van der Waals surface area contributed by atoms with E-state index in [4.69, 9.17) is 5.26 Å². The van der Waals surface area contributed by atoms with Gasteiger partial charge in [-0.15, -0.1) is 0 Å². The van der Waals surface area contributed by atoms with Crippen molar-refractivity contribution in [1.82, 2.24) is 0 Å². The normalized spacial score (nSPS) is 37.2. The molecule has 0 N–H and O–H groups in total. The Labute approximate surface area is 58.4 Å². The van der Waals surface area contributed by atoms with Crippen LogP contribution in [0.3, 0.4) is 0 Å². The van der Waals surface area contributed by atoms with Crippen LogP contribution in [0.25, 0.3) is 0 Å². The van der Waals surface area contributed by atoms with E-state index in [0.717, 1.165) is 0 Å². The zero-order valence-electron chi connectivity index (χ0n) is 5.12. The first-order valence-electron chi connectivity index (χ1n) is 2.81. The highest BCUT2D eigenvalue weighted by Crippen LogP contribution is 2.25. The third-order valence-electron chi connectivity index (χ3n) is 1.48. The average molecular weight is 163 g/mol. The molecule has 0 aliphatic carbocycles. The highest BCUT2D eigenvalue weighted by molar-refractivity contribution is 7.92. The van der Waals surface area contributed by atoms with Gasteiger partial charge in [0.05, 0.1) is 17.7 Å².